The summed E-state index contributed by atoms with van der Waals surface area (Å²) in [6.45, 7) is 4.12. The average molecular weight is 267 g/mol. The molecule has 0 bridgehead atoms. The summed E-state index contributed by atoms with van der Waals surface area (Å²) in [7, 11) is 1.98. The lowest BCUT2D eigenvalue weighted by atomic mass is 10.1. The zero-order valence-electron chi connectivity index (χ0n) is 10.4. The minimum Gasteiger partial charge on any atom is -0.261 e. The maximum absolute atomic E-state index is 6.04. The molecule has 0 unspecified atom stereocenters. The molecule has 0 aliphatic rings. The van der Waals surface area contributed by atoms with Crippen LogP contribution in [0.1, 0.15) is 11.1 Å². The summed E-state index contributed by atoms with van der Waals surface area (Å²) in [4.78, 5) is 0. The first-order valence-corrected chi connectivity index (χ1v) is 6.99. The van der Waals surface area contributed by atoms with Gasteiger partial charge in [-0.15, -0.1) is 11.8 Å². The van der Waals surface area contributed by atoms with Gasteiger partial charge in [0.2, 0.25) is 0 Å². The van der Waals surface area contributed by atoms with Gasteiger partial charge in [-0.05, 0) is 37.8 Å². The predicted molar refractivity (Wildman–Crippen MR) is 74.9 cm³/mol. The van der Waals surface area contributed by atoms with Crippen molar-refractivity contribution in [1.29, 1.82) is 0 Å². The second-order valence-electron chi connectivity index (χ2n) is 4.07. The fourth-order valence-electron chi connectivity index (χ4n) is 1.97. The highest BCUT2D eigenvalue weighted by Gasteiger charge is 2.13. The van der Waals surface area contributed by atoms with Gasteiger partial charge in [-0.3, -0.25) is 4.68 Å². The first-order valence-electron chi connectivity index (χ1n) is 5.38. The quantitative estimate of drug-likeness (QED) is 0.763. The summed E-state index contributed by atoms with van der Waals surface area (Å²) in [5.74, 6) is 0. The van der Waals surface area contributed by atoms with E-state index in [0.717, 1.165) is 21.8 Å². The Morgan fingerprint density at radius 1 is 1.29 bits per heavy atom. The van der Waals surface area contributed by atoms with Crippen molar-refractivity contribution in [3.63, 3.8) is 0 Å². The Labute approximate surface area is 111 Å². The van der Waals surface area contributed by atoms with E-state index in [2.05, 4.69) is 24.3 Å². The van der Waals surface area contributed by atoms with Crippen molar-refractivity contribution in [1.82, 2.24) is 9.78 Å². The zero-order valence-corrected chi connectivity index (χ0v) is 12.0. The van der Waals surface area contributed by atoms with Gasteiger partial charge in [0.1, 0.15) is 0 Å². The summed E-state index contributed by atoms with van der Waals surface area (Å²) >= 11 is 7.76. The van der Waals surface area contributed by atoms with Crippen LogP contribution in [-0.4, -0.2) is 16.0 Å². The number of hydrogen-bond acceptors (Lipinski definition) is 2. The van der Waals surface area contributed by atoms with Gasteiger partial charge in [0.25, 0.3) is 0 Å². The fraction of sp³-hybridized carbons (Fsp3) is 0.308. The Hall–Kier alpha value is -0.930. The lowest BCUT2D eigenvalue weighted by Crippen LogP contribution is -1.91. The van der Waals surface area contributed by atoms with Crippen LogP contribution in [0.5, 0.6) is 0 Å². The van der Waals surface area contributed by atoms with Gasteiger partial charge in [-0.25, -0.2) is 0 Å². The number of thioether (sulfide) groups is 1. The molecule has 2 nitrogen and oxygen atoms in total. The monoisotopic (exact) mass is 266 g/mol. The molecular formula is C13H15ClN2S. The van der Waals surface area contributed by atoms with E-state index in [1.807, 2.05) is 30.8 Å². The van der Waals surface area contributed by atoms with Crippen molar-refractivity contribution in [3.05, 3.63) is 34.3 Å². The average Bonchev–Trinajstić information content (AvgIpc) is 2.58. The molecule has 90 valence electrons. The number of aryl methyl sites for hydroxylation is 2. The number of hydrogen-bond donors (Lipinski definition) is 0. The summed E-state index contributed by atoms with van der Waals surface area (Å²) in [6, 6.07) is 6.04. The molecule has 1 heterocycles. The molecule has 0 amide bonds. The fourth-order valence-corrected chi connectivity index (χ4v) is 2.79. The highest BCUT2D eigenvalue weighted by atomic mass is 35.5. The minimum atomic E-state index is 0.799. The molecule has 2 aromatic rings. The van der Waals surface area contributed by atoms with Crippen LogP contribution in [0.25, 0.3) is 11.3 Å². The van der Waals surface area contributed by atoms with Gasteiger partial charge < -0.3 is 0 Å². The maximum Gasteiger partial charge on any atom is 0.0969 e. The van der Waals surface area contributed by atoms with Crippen molar-refractivity contribution in [3.8, 4) is 11.3 Å². The molecule has 0 aliphatic carbocycles. The molecule has 0 spiro atoms. The van der Waals surface area contributed by atoms with Gasteiger partial charge in [0.15, 0.2) is 0 Å². The third-order valence-electron chi connectivity index (χ3n) is 2.84. The molecule has 1 aromatic carbocycles. The Kier molecular flexibility index (Phi) is 3.50. The van der Waals surface area contributed by atoms with Crippen LogP contribution in [0.15, 0.2) is 23.2 Å². The van der Waals surface area contributed by atoms with Crippen molar-refractivity contribution in [2.45, 2.75) is 18.9 Å². The molecule has 0 radical (unpaired) electrons. The van der Waals surface area contributed by atoms with Crippen molar-refractivity contribution >= 4 is 23.4 Å². The van der Waals surface area contributed by atoms with E-state index < -0.39 is 0 Å². The second-order valence-corrected chi connectivity index (χ2v) is 5.27. The number of halogens is 1. The van der Waals surface area contributed by atoms with Crippen LogP contribution in [0.3, 0.4) is 0 Å². The number of aromatic nitrogens is 2. The molecule has 0 N–H and O–H groups in total. The lowest BCUT2D eigenvalue weighted by Gasteiger charge is -2.02. The molecule has 1 aromatic heterocycles. The van der Waals surface area contributed by atoms with Crippen LogP contribution < -0.4 is 0 Å². The van der Waals surface area contributed by atoms with Crippen molar-refractivity contribution in [2.75, 3.05) is 6.26 Å². The van der Waals surface area contributed by atoms with Crippen LogP contribution in [0.2, 0.25) is 5.02 Å². The SMILES string of the molecule is CSc1c(C)c(-c2ccc(Cl)c(C)c2)nn1C. The topological polar surface area (TPSA) is 17.8 Å². The summed E-state index contributed by atoms with van der Waals surface area (Å²) in [6.07, 6.45) is 2.07. The zero-order chi connectivity index (χ0) is 12.6. The van der Waals surface area contributed by atoms with Gasteiger partial charge in [0.05, 0.1) is 10.7 Å². The molecule has 0 fully saturated rings. The summed E-state index contributed by atoms with van der Waals surface area (Å²) in [5.41, 5.74) is 4.47. The highest BCUT2D eigenvalue weighted by molar-refractivity contribution is 7.98. The number of rotatable bonds is 2. The molecule has 0 saturated carbocycles. The van der Waals surface area contributed by atoms with Crippen molar-refractivity contribution in [2.24, 2.45) is 7.05 Å². The van der Waals surface area contributed by atoms with Crippen LogP contribution in [0.4, 0.5) is 0 Å². The Bertz CT molecular complexity index is 561. The third kappa shape index (κ3) is 2.22. The Balaban J connectivity index is 2.57. The molecule has 0 aliphatic heterocycles. The second kappa shape index (κ2) is 4.75. The van der Waals surface area contributed by atoms with E-state index in [4.69, 9.17) is 11.6 Å². The van der Waals surface area contributed by atoms with Gasteiger partial charge in [-0.2, -0.15) is 5.10 Å². The van der Waals surface area contributed by atoms with Crippen LogP contribution in [-0.2, 0) is 7.05 Å². The van der Waals surface area contributed by atoms with Crippen molar-refractivity contribution < 1.29 is 0 Å². The molecule has 4 heteroatoms. The van der Waals surface area contributed by atoms with Crippen LogP contribution in [0, 0.1) is 13.8 Å². The van der Waals surface area contributed by atoms with E-state index in [-0.39, 0.29) is 0 Å². The molecule has 2 rings (SSSR count). The first-order chi connectivity index (χ1) is 8.04. The van der Waals surface area contributed by atoms with E-state index >= 15 is 0 Å². The smallest absolute Gasteiger partial charge is 0.0969 e. The third-order valence-corrected chi connectivity index (χ3v) is 4.23. The maximum atomic E-state index is 6.04. The number of benzene rings is 1. The molecule has 17 heavy (non-hydrogen) atoms. The largest absolute Gasteiger partial charge is 0.261 e. The minimum absolute atomic E-state index is 0.799. The Morgan fingerprint density at radius 3 is 2.53 bits per heavy atom. The van der Waals surface area contributed by atoms with E-state index in [0.29, 0.717) is 0 Å². The summed E-state index contributed by atoms with van der Waals surface area (Å²) in [5, 5.41) is 6.57. The van der Waals surface area contributed by atoms with Crippen LogP contribution >= 0.6 is 23.4 Å². The first kappa shape index (κ1) is 12.5. The number of nitrogens with zero attached hydrogens (tertiary/aromatic N) is 2. The lowest BCUT2D eigenvalue weighted by molar-refractivity contribution is 0.699. The van der Waals surface area contributed by atoms with E-state index in [1.54, 1.807) is 11.8 Å². The van der Waals surface area contributed by atoms with E-state index in [9.17, 15) is 0 Å². The molecule has 0 saturated heterocycles. The predicted octanol–water partition coefficient (Wildman–Crippen LogP) is 4.08. The van der Waals surface area contributed by atoms with E-state index in [1.165, 1.54) is 10.6 Å². The normalized spacial score (nSPS) is 10.9. The van der Waals surface area contributed by atoms with Gasteiger partial charge >= 0.3 is 0 Å². The standard InChI is InChI=1S/C13H15ClN2S/c1-8-7-10(5-6-11(8)14)12-9(2)13(17-4)16(3)15-12/h5-7H,1-4H3. The Morgan fingerprint density at radius 2 is 2.00 bits per heavy atom. The highest BCUT2D eigenvalue weighted by Crippen LogP contribution is 2.31. The van der Waals surface area contributed by atoms with Gasteiger partial charge in [0, 0.05) is 23.2 Å². The summed E-state index contributed by atoms with van der Waals surface area (Å²) < 4.78 is 1.93. The molecule has 0 atom stereocenters. The molecular weight excluding hydrogens is 252 g/mol. The van der Waals surface area contributed by atoms with Gasteiger partial charge in [-0.1, -0.05) is 17.7 Å².